The maximum Gasteiger partial charge on any atom is 0.410 e. The minimum Gasteiger partial charge on any atom is -0.481 e. The second-order valence-corrected chi connectivity index (χ2v) is 5.31. The average Bonchev–Trinajstić information content (AvgIpc) is 2.54. The zero-order valence-electron chi connectivity index (χ0n) is 10.1. The number of carbonyl (C=O) groups is 2. The highest BCUT2D eigenvalue weighted by Gasteiger charge is 2.45. The molecule has 1 amide bonds. The first-order valence-corrected chi connectivity index (χ1v) is 6.22. The molecular formula is C12H19NO4. The summed E-state index contributed by atoms with van der Waals surface area (Å²) in [6, 6.07) is 0.242. The Morgan fingerprint density at radius 1 is 1.47 bits per heavy atom. The predicted molar refractivity (Wildman–Crippen MR) is 60.7 cm³/mol. The molecule has 1 unspecified atom stereocenters. The molecule has 5 heteroatoms. The van der Waals surface area contributed by atoms with E-state index in [1.165, 1.54) is 6.42 Å². The SMILES string of the molecule is CC1(CC(=O)O)CN(C2CCCCC2)C(=O)O1. The fraction of sp³-hybridized carbons (Fsp3) is 0.833. The van der Waals surface area contributed by atoms with Crippen LogP contribution in [-0.2, 0) is 9.53 Å². The van der Waals surface area contributed by atoms with Gasteiger partial charge in [0.05, 0.1) is 13.0 Å². The number of aliphatic carboxylic acids is 1. The molecule has 5 nitrogen and oxygen atoms in total. The summed E-state index contributed by atoms with van der Waals surface area (Å²) in [4.78, 5) is 24.2. The standard InChI is InChI=1S/C12H19NO4/c1-12(7-10(14)15)8-13(11(16)17-12)9-5-3-2-4-6-9/h9H,2-8H2,1H3,(H,14,15). The van der Waals surface area contributed by atoms with Gasteiger partial charge in [0.25, 0.3) is 0 Å². The van der Waals surface area contributed by atoms with Gasteiger partial charge in [-0.2, -0.15) is 0 Å². The van der Waals surface area contributed by atoms with Crippen molar-refractivity contribution in [1.29, 1.82) is 0 Å². The van der Waals surface area contributed by atoms with Crippen LogP contribution in [0.3, 0.4) is 0 Å². The van der Waals surface area contributed by atoms with Crippen molar-refractivity contribution in [3.05, 3.63) is 0 Å². The molecule has 1 saturated heterocycles. The molecular weight excluding hydrogens is 222 g/mol. The van der Waals surface area contributed by atoms with E-state index in [4.69, 9.17) is 9.84 Å². The Kier molecular flexibility index (Phi) is 3.26. The van der Waals surface area contributed by atoms with Crippen molar-refractivity contribution in [2.24, 2.45) is 0 Å². The van der Waals surface area contributed by atoms with Crippen molar-refractivity contribution in [3.63, 3.8) is 0 Å². The highest BCUT2D eigenvalue weighted by atomic mass is 16.6. The van der Waals surface area contributed by atoms with Gasteiger partial charge in [-0.05, 0) is 19.8 Å². The number of hydrogen-bond donors (Lipinski definition) is 1. The van der Waals surface area contributed by atoms with Crippen molar-refractivity contribution in [1.82, 2.24) is 4.90 Å². The molecule has 0 aromatic heterocycles. The molecule has 2 aliphatic rings. The molecule has 0 radical (unpaired) electrons. The number of carbonyl (C=O) groups excluding carboxylic acids is 1. The highest BCUT2D eigenvalue weighted by molar-refractivity contribution is 5.74. The van der Waals surface area contributed by atoms with Crippen LogP contribution in [0.4, 0.5) is 4.79 Å². The Morgan fingerprint density at radius 3 is 2.71 bits per heavy atom. The Bertz CT molecular complexity index is 324. The molecule has 0 bridgehead atoms. The van der Waals surface area contributed by atoms with E-state index in [9.17, 15) is 9.59 Å². The predicted octanol–water partition coefficient (Wildman–Crippen LogP) is 2.00. The van der Waals surface area contributed by atoms with Gasteiger partial charge in [-0.1, -0.05) is 19.3 Å². The summed E-state index contributed by atoms with van der Waals surface area (Å²) < 4.78 is 5.23. The smallest absolute Gasteiger partial charge is 0.410 e. The molecule has 17 heavy (non-hydrogen) atoms. The summed E-state index contributed by atoms with van der Waals surface area (Å²) in [6.07, 6.45) is 5.07. The lowest BCUT2D eigenvalue weighted by molar-refractivity contribution is -0.140. The summed E-state index contributed by atoms with van der Waals surface area (Å²) in [5.74, 6) is -0.925. The van der Waals surface area contributed by atoms with Crippen LogP contribution in [-0.4, -0.2) is 40.3 Å². The number of hydrogen-bond acceptors (Lipinski definition) is 3. The zero-order valence-corrected chi connectivity index (χ0v) is 10.1. The van der Waals surface area contributed by atoms with Crippen molar-refractivity contribution in [3.8, 4) is 0 Å². The van der Waals surface area contributed by atoms with E-state index in [0.717, 1.165) is 25.7 Å². The third-order valence-electron chi connectivity index (χ3n) is 3.61. The molecule has 2 rings (SSSR count). The maximum absolute atomic E-state index is 11.8. The molecule has 0 spiro atoms. The third-order valence-corrected chi connectivity index (χ3v) is 3.61. The first-order valence-electron chi connectivity index (χ1n) is 6.22. The molecule has 1 heterocycles. The summed E-state index contributed by atoms with van der Waals surface area (Å²) in [6.45, 7) is 2.10. The normalized spacial score (nSPS) is 30.4. The molecule has 2 fully saturated rings. The Morgan fingerprint density at radius 2 is 2.12 bits per heavy atom. The van der Waals surface area contributed by atoms with Gasteiger partial charge in [-0.3, -0.25) is 4.79 Å². The molecule has 1 aliphatic carbocycles. The van der Waals surface area contributed by atoms with E-state index in [1.54, 1.807) is 11.8 Å². The van der Waals surface area contributed by atoms with Crippen molar-refractivity contribution in [2.75, 3.05) is 6.54 Å². The van der Waals surface area contributed by atoms with Crippen molar-refractivity contribution in [2.45, 2.75) is 57.1 Å². The second-order valence-electron chi connectivity index (χ2n) is 5.31. The number of amides is 1. The van der Waals surface area contributed by atoms with Crippen LogP contribution in [0.1, 0.15) is 45.4 Å². The number of nitrogens with zero attached hydrogens (tertiary/aromatic N) is 1. The molecule has 1 aliphatic heterocycles. The van der Waals surface area contributed by atoms with Gasteiger partial charge in [0, 0.05) is 6.04 Å². The largest absolute Gasteiger partial charge is 0.481 e. The van der Waals surface area contributed by atoms with Crippen LogP contribution < -0.4 is 0 Å². The molecule has 1 saturated carbocycles. The van der Waals surface area contributed by atoms with Gasteiger partial charge in [-0.25, -0.2) is 4.79 Å². The van der Waals surface area contributed by atoms with Gasteiger partial charge in [0.1, 0.15) is 5.60 Å². The third kappa shape index (κ3) is 2.70. The molecule has 0 aromatic carbocycles. The van der Waals surface area contributed by atoms with Gasteiger partial charge < -0.3 is 14.7 Å². The fourth-order valence-corrected chi connectivity index (χ4v) is 2.81. The van der Waals surface area contributed by atoms with E-state index < -0.39 is 11.6 Å². The van der Waals surface area contributed by atoms with Crippen LogP contribution in [0, 0.1) is 0 Å². The van der Waals surface area contributed by atoms with Gasteiger partial charge in [-0.15, -0.1) is 0 Å². The lowest BCUT2D eigenvalue weighted by atomic mass is 9.93. The lowest BCUT2D eigenvalue weighted by Crippen LogP contribution is -2.40. The number of carboxylic acids is 1. The van der Waals surface area contributed by atoms with Crippen molar-refractivity contribution >= 4 is 12.1 Å². The van der Waals surface area contributed by atoms with E-state index in [1.807, 2.05) is 0 Å². The van der Waals surface area contributed by atoms with E-state index in [2.05, 4.69) is 0 Å². The van der Waals surface area contributed by atoms with Crippen LogP contribution >= 0.6 is 0 Å². The molecule has 96 valence electrons. The number of ether oxygens (including phenoxy) is 1. The lowest BCUT2D eigenvalue weighted by Gasteiger charge is -2.29. The highest BCUT2D eigenvalue weighted by Crippen LogP contribution is 2.32. The monoisotopic (exact) mass is 241 g/mol. The van der Waals surface area contributed by atoms with E-state index in [0.29, 0.717) is 6.54 Å². The first-order chi connectivity index (χ1) is 8.00. The Hall–Kier alpha value is -1.26. The summed E-state index contributed by atoms with van der Waals surface area (Å²) in [5.41, 5.74) is -0.861. The van der Waals surface area contributed by atoms with Crippen LogP contribution in [0.15, 0.2) is 0 Å². The Balaban J connectivity index is 2.01. The molecule has 1 N–H and O–H groups in total. The van der Waals surface area contributed by atoms with Gasteiger partial charge >= 0.3 is 12.1 Å². The number of carboxylic acid groups (broad SMARTS) is 1. The summed E-state index contributed by atoms with van der Waals surface area (Å²) >= 11 is 0. The van der Waals surface area contributed by atoms with Crippen LogP contribution in [0.2, 0.25) is 0 Å². The average molecular weight is 241 g/mol. The van der Waals surface area contributed by atoms with Crippen LogP contribution in [0.25, 0.3) is 0 Å². The first kappa shape index (κ1) is 12.2. The number of cyclic esters (lactones) is 1. The van der Waals surface area contributed by atoms with Gasteiger partial charge in [0.2, 0.25) is 0 Å². The topological polar surface area (TPSA) is 66.8 Å². The van der Waals surface area contributed by atoms with Crippen LogP contribution in [0.5, 0.6) is 0 Å². The maximum atomic E-state index is 11.8. The second kappa shape index (κ2) is 4.55. The zero-order chi connectivity index (χ0) is 12.5. The van der Waals surface area contributed by atoms with E-state index >= 15 is 0 Å². The molecule has 0 aromatic rings. The fourth-order valence-electron chi connectivity index (χ4n) is 2.81. The van der Waals surface area contributed by atoms with E-state index in [-0.39, 0.29) is 18.6 Å². The van der Waals surface area contributed by atoms with Gasteiger partial charge in [0.15, 0.2) is 0 Å². The minimum atomic E-state index is -0.925. The quantitative estimate of drug-likeness (QED) is 0.820. The molecule has 1 atom stereocenters. The number of rotatable bonds is 3. The summed E-state index contributed by atoms with van der Waals surface area (Å²) in [5, 5.41) is 8.81. The van der Waals surface area contributed by atoms with Crippen molar-refractivity contribution < 1.29 is 19.4 Å². The Labute approximate surface area is 101 Å². The summed E-state index contributed by atoms with van der Waals surface area (Å²) in [7, 11) is 0. The minimum absolute atomic E-state index is 0.123.